The van der Waals surface area contributed by atoms with Gasteiger partial charge >= 0.3 is 14.3 Å². The van der Waals surface area contributed by atoms with Gasteiger partial charge in [-0.15, -0.1) is 0 Å². The first kappa shape index (κ1) is 30.6. The molecular formula is C30H31N2O10P. The van der Waals surface area contributed by atoms with Gasteiger partial charge in [0.1, 0.15) is 23.2 Å². The number of aromatic amines is 1. The molecule has 1 saturated heterocycles. The number of benzene rings is 3. The van der Waals surface area contributed by atoms with Gasteiger partial charge in [-0.25, -0.2) is 4.79 Å². The van der Waals surface area contributed by atoms with Crippen LogP contribution in [0.15, 0.2) is 101 Å². The van der Waals surface area contributed by atoms with E-state index in [4.69, 9.17) is 28.2 Å². The maximum Gasteiger partial charge on any atom is 0.330 e. The lowest BCUT2D eigenvalue weighted by molar-refractivity contribution is -0.276. The smallest absolute Gasteiger partial charge is 0.330 e. The third-order valence-electron chi connectivity index (χ3n) is 7.04. The molecule has 1 aromatic heterocycles. The van der Waals surface area contributed by atoms with Gasteiger partial charge in [0.25, 0.3) is 5.56 Å². The van der Waals surface area contributed by atoms with Crippen LogP contribution in [0.4, 0.5) is 0 Å². The van der Waals surface area contributed by atoms with E-state index in [0.717, 1.165) is 16.7 Å². The van der Waals surface area contributed by atoms with E-state index in [1.807, 2.05) is 78.9 Å². The van der Waals surface area contributed by atoms with Crippen molar-refractivity contribution in [3.05, 3.63) is 129 Å². The molecule has 3 aromatic carbocycles. The molecule has 2 heterocycles. The molecule has 0 saturated carbocycles. The molecule has 0 unspecified atom stereocenters. The van der Waals surface area contributed by atoms with Gasteiger partial charge in [0.15, 0.2) is 12.5 Å². The van der Waals surface area contributed by atoms with Gasteiger partial charge in [0.05, 0.1) is 27.4 Å². The Hall–Kier alpha value is -3.87. The van der Waals surface area contributed by atoms with Crippen LogP contribution in [-0.2, 0) is 24.3 Å². The summed E-state index contributed by atoms with van der Waals surface area (Å²) in [7, 11) is 0.354. The Labute approximate surface area is 248 Å². The Morgan fingerprint density at radius 1 is 0.884 bits per heavy atom. The molecule has 226 valence electrons. The van der Waals surface area contributed by atoms with Crippen LogP contribution in [0.1, 0.15) is 22.9 Å². The van der Waals surface area contributed by atoms with Gasteiger partial charge in [-0.1, -0.05) is 54.6 Å². The SMILES string of the molecule is COc1ccc(C(OC[C@H]2O[C@@H](n3ccc(=O)[nH]c3=O)CO[C@H]2OP(O)O)(c2ccccc2)c2ccc(OC)cc2)cc1. The van der Waals surface area contributed by atoms with Crippen molar-refractivity contribution in [2.75, 3.05) is 27.4 Å². The van der Waals surface area contributed by atoms with Crippen LogP contribution in [0.2, 0.25) is 0 Å². The monoisotopic (exact) mass is 610 g/mol. The summed E-state index contributed by atoms with van der Waals surface area (Å²) in [6.07, 6.45) is -1.95. The number of H-pyrrole nitrogens is 1. The molecule has 13 heteroatoms. The Balaban J connectivity index is 1.58. The van der Waals surface area contributed by atoms with E-state index in [0.29, 0.717) is 11.5 Å². The molecule has 1 aliphatic heterocycles. The zero-order chi connectivity index (χ0) is 30.4. The molecule has 0 amide bonds. The Kier molecular flexibility index (Phi) is 9.69. The summed E-state index contributed by atoms with van der Waals surface area (Å²) in [6, 6.07) is 25.6. The molecule has 1 aliphatic rings. The predicted octanol–water partition coefficient (Wildman–Crippen LogP) is 3.03. The summed E-state index contributed by atoms with van der Waals surface area (Å²) in [5, 5.41) is 0. The summed E-state index contributed by atoms with van der Waals surface area (Å²) in [4.78, 5) is 45.6. The fraction of sp³-hybridized carbons (Fsp3) is 0.267. The number of ether oxygens (including phenoxy) is 5. The highest BCUT2D eigenvalue weighted by molar-refractivity contribution is 7.39. The van der Waals surface area contributed by atoms with Crippen molar-refractivity contribution in [2.45, 2.75) is 24.2 Å². The second-order valence-electron chi connectivity index (χ2n) is 9.52. The fourth-order valence-corrected chi connectivity index (χ4v) is 5.36. The normalized spacial score (nSPS) is 18.9. The average Bonchev–Trinajstić information content (AvgIpc) is 3.03. The quantitative estimate of drug-likeness (QED) is 0.171. The van der Waals surface area contributed by atoms with Crippen molar-refractivity contribution >= 4 is 8.60 Å². The van der Waals surface area contributed by atoms with Crippen LogP contribution in [0.25, 0.3) is 0 Å². The molecule has 43 heavy (non-hydrogen) atoms. The molecule has 1 fully saturated rings. The van der Waals surface area contributed by atoms with Crippen molar-refractivity contribution in [2.24, 2.45) is 0 Å². The molecule has 4 aromatic rings. The highest BCUT2D eigenvalue weighted by atomic mass is 31.2. The minimum Gasteiger partial charge on any atom is -0.497 e. The van der Waals surface area contributed by atoms with Crippen LogP contribution in [0.3, 0.4) is 0 Å². The minimum atomic E-state index is -2.82. The maximum absolute atomic E-state index is 12.5. The molecular weight excluding hydrogens is 579 g/mol. The first-order valence-corrected chi connectivity index (χ1v) is 14.4. The van der Waals surface area contributed by atoms with Crippen molar-refractivity contribution < 1.29 is 38.0 Å². The summed E-state index contributed by atoms with van der Waals surface area (Å²) >= 11 is 0. The Morgan fingerprint density at radius 2 is 1.47 bits per heavy atom. The first-order chi connectivity index (χ1) is 20.8. The molecule has 0 aliphatic carbocycles. The number of methoxy groups -OCH3 is 2. The van der Waals surface area contributed by atoms with Gasteiger partial charge in [-0.3, -0.25) is 18.9 Å². The summed E-state index contributed by atoms with van der Waals surface area (Å²) in [6.45, 7) is -0.355. The largest absolute Gasteiger partial charge is 0.497 e. The van der Waals surface area contributed by atoms with Crippen LogP contribution in [0, 0.1) is 0 Å². The van der Waals surface area contributed by atoms with Crippen LogP contribution in [-0.4, -0.2) is 59.2 Å². The maximum atomic E-state index is 12.5. The van der Waals surface area contributed by atoms with E-state index < -0.39 is 44.1 Å². The van der Waals surface area contributed by atoms with Crippen LogP contribution < -0.4 is 20.7 Å². The Morgan fingerprint density at radius 3 is 2.00 bits per heavy atom. The molecule has 0 bridgehead atoms. The zero-order valence-corrected chi connectivity index (χ0v) is 24.3. The highest BCUT2D eigenvalue weighted by Gasteiger charge is 2.42. The van der Waals surface area contributed by atoms with E-state index >= 15 is 0 Å². The second kappa shape index (κ2) is 13.6. The minimum absolute atomic E-state index is 0.170. The van der Waals surface area contributed by atoms with Crippen LogP contribution >= 0.6 is 8.60 Å². The lowest BCUT2D eigenvalue weighted by atomic mass is 9.80. The number of rotatable bonds is 11. The fourth-order valence-electron chi connectivity index (χ4n) is 4.98. The highest BCUT2D eigenvalue weighted by Crippen LogP contribution is 2.43. The molecule has 3 atom stereocenters. The molecule has 0 spiro atoms. The average molecular weight is 611 g/mol. The number of nitrogens with one attached hydrogen (secondary N) is 1. The van der Waals surface area contributed by atoms with Crippen molar-refractivity contribution in [1.82, 2.24) is 9.55 Å². The van der Waals surface area contributed by atoms with E-state index in [1.54, 1.807) is 14.2 Å². The standard InChI is InChI=1S/C30H31N2O10P/c1-37-23-12-8-21(9-13-23)30(20-6-4-3-5-7-20,22-10-14-24(38-2)15-11-22)40-18-25-28(42-43(35)36)39-19-27(41-25)32-17-16-26(33)31-29(32)34/h3-17,25,27-28,35-36H,18-19H2,1-2H3,(H,31,33,34)/t25-,27-,28+/m1/s1. The lowest BCUT2D eigenvalue weighted by Gasteiger charge is -2.40. The van der Waals surface area contributed by atoms with E-state index in [9.17, 15) is 19.4 Å². The molecule has 12 nitrogen and oxygen atoms in total. The van der Waals surface area contributed by atoms with Gasteiger partial charge < -0.3 is 33.5 Å². The number of nitrogens with zero attached hydrogens (tertiary/aromatic N) is 1. The van der Waals surface area contributed by atoms with E-state index in [1.165, 1.54) is 16.8 Å². The first-order valence-electron chi connectivity index (χ1n) is 13.3. The Bertz CT molecular complexity index is 1550. The van der Waals surface area contributed by atoms with Crippen molar-refractivity contribution in [3.63, 3.8) is 0 Å². The summed E-state index contributed by atoms with van der Waals surface area (Å²) in [5.41, 5.74) is -0.144. The van der Waals surface area contributed by atoms with E-state index in [-0.39, 0.29) is 13.2 Å². The van der Waals surface area contributed by atoms with Gasteiger partial charge in [0.2, 0.25) is 0 Å². The topological polar surface area (TPSA) is 151 Å². The number of hydrogen-bond donors (Lipinski definition) is 3. The second-order valence-corrected chi connectivity index (χ2v) is 10.2. The summed E-state index contributed by atoms with van der Waals surface area (Å²) in [5.74, 6) is 1.32. The molecule has 0 radical (unpaired) electrons. The van der Waals surface area contributed by atoms with Crippen molar-refractivity contribution in [1.29, 1.82) is 0 Å². The number of aromatic nitrogens is 2. The van der Waals surface area contributed by atoms with E-state index in [2.05, 4.69) is 4.98 Å². The van der Waals surface area contributed by atoms with Gasteiger partial charge in [-0.05, 0) is 41.0 Å². The zero-order valence-electron chi connectivity index (χ0n) is 23.4. The van der Waals surface area contributed by atoms with Crippen molar-refractivity contribution in [3.8, 4) is 11.5 Å². The van der Waals surface area contributed by atoms with Gasteiger partial charge in [-0.2, -0.15) is 0 Å². The number of hydrogen-bond acceptors (Lipinski definition) is 10. The lowest BCUT2D eigenvalue weighted by Crippen LogP contribution is -2.49. The third-order valence-corrected chi connectivity index (χ3v) is 7.43. The third kappa shape index (κ3) is 6.71. The molecule has 3 N–H and O–H groups in total. The van der Waals surface area contributed by atoms with Gasteiger partial charge in [0, 0.05) is 12.3 Å². The van der Waals surface area contributed by atoms with Crippen LogP contribution in [0.5, 0.6) is 11.5 Å². The summed E-state index contributed by atoms with van der Waals surface area (Å²) < 4.78 is 36.0. The molecule has 5 rings (SSSR count). The predicted molar refractivity (Wildman–Crippen MR) is 156 cm³/mol.